The quantitative estimate of drug-likeness (QED) is 0.609. The summed E-state index contributed by atoms with van der Waals surface area (Å²) in [4.78, 5) is 1.99. The van der Waals surface area contributed by atoms with Crippen molar-refractivity contribution < 1.29 is 4.39 Å². The highest BCUT2D eigenvalue weighted by atomic mass is 35.5. The van der Waals surface area contributed by atoms with E-state index in [0.29, 0.717) is 17.0 Å². The summed E-state index contributed by atoms with van der Waals surface area (Å²) in [7, 11) is 3.89. The highest BCUT2D eigenvalue weighted by Gasteiger charge is 2.12. The molecule has 0 bridgehead atoms. The van der Waals surface area contributed by atoms with Gasteiger partial charge in [0, 0.05) is 17.6 Å². The van der Waals surface area contributed by atoms with Crippen LogP contribution in [0.4, 0.5) is 4.39 Å². The van der Waals surface area contributed by atoms with E-state index in [4.69, 9.17) is 17.4 Å². The molecule has 0 heterocycles. The Labute approximate surface area is 100 Å². The summed E-state index contributed by atoms with van der Waals surface area (Å²) in [6, 6.07) is 4.55. The number of benzene rings is 1. The van der Waals surface area contributed by atoms with Gasteiger partial charge in [0.25, 0.3) is 0 Å². The Bertz CT molecular complexity index is 344. The third-order valence-corrected chi connectivity index (χ3v) is 2.53. The second-order valence-electron chi connectivity index (χ2n) is 4.07. The molecule has 90 valence electrons. The molecule has 1 atom stereocenters. The van der Waals surface area contributed by atoms with Crippen LogP contribution in [0.25, 0.3) is 0 Å². The van der Waals surface area contributed by atoms with Gasteiger partial charge in [-0.25, -0.2) is 4.39 Å². The van der Waals surface area contributed by atoms with Gasteiger partial charge in [-0.2, -0.15) is 0 Å². The fourth-order valence-corrected chi connectivity index (χ4v) is 1.78. The van der Waals surface area contributed by atoms with E-state index in [2.05, 4.69) is 5.43 Å². The number of likely N-dealkylation sites (N-methyl/N-ethyl adjacent to an activating group) is 1. The third kappa shape index (κ3) is 4.06. The normalized spacial score (nSPS) is 13.1. The summed E-state index contributed by atoms with van der Waals surface area (Å²) < 4.78 is 13.5. The number of nitrogens with two attached hydrogens (primary N) is 1. The van der Waals surface area contributed by atoms with Gasteiger partial charge in [-0.05, 0) is 44.3 Å². The Kier molecular flexibility index (Phi) is 5.15. The van der Waals surface area contributed by atoms with Crippen molar-refractivity contribution in [1.29, 1.82) is 0 Å². The molecule has 1 rings (SSSR count). The topological polar surface area (TPSA) is 41.3 Å². The van der Waals surface area contributed by atoms with Crippen LogP contribution in [-0.4, -0.2) is 31.6 Å². The van der Waals surface area contributed by atoms with E-state index in [1.165, 1.54) is 12.1 Å². The molecule has 1 aromatic rings. The number of hydrogen-bond donors (Lipinski definition) is 2. The van der Waals surface area contributed by atoms with Gasteiger partial charge in [0.2, 0.25) is 0 Å². The maximum atomic E-state index is 13.5. The van der Waals surface area contributed by atoms with Crippen molar-refractivity contribution in [3.8, 4) is 0 Å². The van der Waals surface area contributed by atoms with Crippen LogP contribution in [0.1, 0.15) is 5.56 Å². The van der Waals surface area contributed by atoms with Crippen molar-refractivity contribution in [2.45, 2.75) is 12.5 Å². The minimum Gasteiger partial charge on any atom is -0.308 e. The smallest absolute Gasteiger partial charge is 0.126 e. The van der Waals surface area contributed by atoms with Crippen molar-refractivity contribution in [3.63, 3.8) is 0 Å². The van der Waals surface area contributed by atoms with Crippen LogP contribution in [0.5, 0.6) is 0 Å². The number of nitrogens with one attached hydrogen (secondary N) is 1. The molecule has 0 aromatic heterocycles. The summed E-state index contributed by atoms with van der Waals surface area (Å²) >= 11 is 5.82. The van der Waals surface area contributed by atoms with Gasteiger partial charge in [-0.1, -0.05) is 11.6 Å². The highest BCUT2D eigenvalue weighted by Crippen LogP contribution is 2.16. The number of hydrogen-bond acceptors (Lipinski definition) is 3. The lowest BCUT2D eigenvalue weighted by atomic mass is 10.1. The highest BCUT2D eigenvalue weighted by molar-refractivity contribution is 6.30. The molecule has 0 saturated carbocycles. The van der Waals surface area contributed by atoms with Crippen molar-refractivity contribution in [3.05, 3.63) is 34.6 Å². The third-order valence-electron chi connectivity index (χ3n) is 2.30. The predicted molar refractivity (Wildman–Crippen MR) is 64.8 cm³/mol. The number of rotatable bonds is 5. The first-order valence-electron chi connectivity index (χ1n) is 5.07. The Hall–Kier alpha value is -0.680. The summed E-state index contributed by atoms with van der Waals surface area (Å²) in [6.45, 7) is 0.739. The average molecular weight is 246 g/mol. The first-order chi connectivity index (χ1) is 7.52. The van der Waals surface area contributed by atoms with E-state index in [1.807, 2.05) is 19.0 Å². The summed E-state index contributed by atoms with van der Waals surface area (Å²) in [5, 5.41) is 0.539. The molecule has 0 aliphatic carbocycles. The summed E-state index contributed by atoms with van der Waals surface area (Å²) in [5.41, 5.74) is 3.26. The molecule has 0 spiro atoms. The molecular formula is C11H17ClFN3. The minimum absolute atomic E-state index is 0.00275. The van der Waals surface area contributed by atoms with Gasteiger partial charge in [0.05, 0.1) is 0 Å². The maximum Gasteiger partial charge on any atom is 0.126 e. The second-order valence-corrected chi connectivity index (χ2v) is 4.50. The Morgan fingerprint density at radius 2 is 2.19 bits per heavy atom. The zero-order valence-electron chi connectivity index (χ0n) is 9.50. The van der Waals surface area contributed by atoms with Gasteiger partial charge < -0.3 is 4.90 Å². The van der Waals surface area contributed by atoms with Crippen molar-refractivity contribution in [2.24, 2.45) is 5.84 Å². The van der Waals surface area contributed by atoms with E-state index in [9.17, 15) is 4.39 Å². The Morgan fingerprint density at radius 1 is 1.50 bits per heavy atom. The van der Waals surface area contributed by atoms with Crippen molar-refractivity contribution in [2.75, 3.05) is 20.6 Å². The molecule has 3 N–H and O–H groups in total. The summed E-state index contributed by atoms with van der Waals surface area (Å²) in [5.74, 6) is 5.18. The SMILES string of the molecule is CN(C)CC(Cc1cc(Cl)ccc1F)NN. The van der Waals surface area contributed by atoms with E-state index < -0.39 is 0 Å². The number of hydrazine groups is 1. The molecule has 16 heavy (non-hydrogen) atoms. The van der Waals surface area contributed by atoms with E-state index in [0.717, 1.165) is 6.54 Å². The average Bonchev–Trinajstić information content (AvgIpc) is 2.21. The molecule has 0 saturated heterocycles. The zero-order valence-corrected chi connectivity index (χ0v) is 10.3. The molecular weight excluding hydrogens is 229 g/mol. The lowest BCUT2D eigenvalue weighted by molar-refractivity contribution is 0.336. The predicted octanol–water partition coefficient (Wildman–Crippen LogP) is 1.42. The fourth-order valence-electron chi connectivity index (χ4n) is 1.58. The van der Waals surface area contributed by atoms with Crippen molar-refractivity contribution >= 4 is 11.6 Å². The second kappa shape index (κ2) is 6.15. The molecule has 1 aromatic carbocycles. The zero-order chi connectivity index (χ0) is 12.1. The van der Waals surface area contributed by atoms with E-state index in [-0.39, 0.29) is 11.9 Å². The van der Waals surface area contributed by atoms with Gasteiger partial charge in [-0.3, -0.25) is 11.3 Å². The monoisotopic (exact) mass is 245 g/mol. The van der Waals surface area contributed by atoms with Crippen molar-refractivity contribution in [1.82, 2.24) is 10.3 Å². The maximum absolute atomic E-state index is 13.5. The van der Waals surface area contributed by atoms with Crippen LogP contribution in [-0.2, 0) is 6.42 Å². The molecule has 5 heteroatoms. The lowest BCUT2D eigenvalue weighted by Crippen LogP contribution is -2.43. The number of halogens is 2. The lowest BCUT2D eigenvalue weighted by Gasteiger charge is -2.20. The van der Waals surface area contributed by atoms with E-state index in [1.54, 1.807) is 6.07 Å². The fraction of sp³-hybridized carbons (Fsp3) is 0.455. The Balaban J connectivity index is 2.73. The first-order valence-corrected chi connectivity index (χ1v) is 5.45. The molecule has 0 radical (unpaired) electrons. The number of nitrogens with zero attached hydrogens (tertiary/aromatic N) is 1. The van der Waals surface area contributed by atoms with Gasteiger partial charge in [0.1, 0.15) is 5.82 Å². The van der Waals surface area contributed by atoms with Crippen LogP contribution in [0.3, 0.4) is 0 Å². The molecule has 1 unspecified atom stereocenters. The van der Waals surface area contributed by atoms with Gasteiger partial charge in [-0.15, -0.1) is 0 Å². The standard InChI is InChI=1S/C11H17ClFN3/c1-16(2)7-10(15-14)6-8-5-9(12)3-4-11(8)13/h3-5,10,15H,6-7,14H2,1-2H3. The molecule has 0 aliphatic heterocycles. The van der Waals surface area contributed by atoms with E-state index >= 15 is 0 Å². The largest absolute Gasteiger partial charge is 0.308 e. The van der Waals surface area contributed by atoms with Crippen LogP contribution in [0.2, 0.25) is 5.02 Å². The van der Waals surface area contributed by atoms with Crippen LogP contribution in [0, 0.1) is 5.82 Å². The van der Waals surface area contributed by atoms with Crippen LogP contribution < -0.4 is 11.3 Å². The molecule has 3 nitrogen and oxygen atoms in total. The van der Waals surface area contributed by atoms with Crippen LogP contribution in [0.15, 0.2) is 18.2 Å². The Morgan fingerprint density at radius 3 is 2.75 bits per heavy atom. The molecule has 0 fully saturated rings. The van der Waals surface area contributed by atoms with Crippen LogP contribution >= 0.6 is 11.6 Å². The molecule has 0 aliphatic rings. The summed E-state index contributed by atoms with van der Waals surface area (Å²) in [6.07, 6.45) is 0.515. The van der Waals surface area contributed by atoms with Gasteiger partial charge >= 0.3 is 0 Å². The molecule has 0 amide bonds. The van der Waals surface area contributed by atoms with Gasteiger partial charge in [0.15, 0.2) is 0 Å². The minimum atomic E-state index is -0.247. The first kappa shape index (κ1) is 13.4.